The van der Waals surface area contributed by atoms with E-state index in [1.807, 2.05) is 20.8 Å². The van der Waals surface area contributed by atoms with Gasteiger partial charge in [-0.3, -0.25) is 4.90 Å². The first-order valence-electron chi connectivity index (χ1n) is 6.89. The number of hydrogen-bond donors (Lipinski definition) is 1. The summed E-state index contributed by atoms with van der Waals surface area (Å²) < 4.78 is 43.0. The molecule has 0 aliphatic rings. The lowest BCUT2D eigenvalue weighted by molar-refractivity contribution is -0.147. The molecule has 0 radical (unpaired) electrons. The summed E-state index contributed by atoms with van der Waals surface area (Å²) in [5.74, 6) is 0.710. The average molecular weight is 292 g/mol. The van der Waals surface area contributed by atoms with Crippen molar-refractivity contribution in [2.24, 2.45) is 0 Å². The highest BCUT2D eigenvalue weighted by molar-refractivity contribution is 5.17. The van der Waals surface area contributed by atoms with Crippen LogP contribution in [0.15, 0.2) is 16.7 Å². The lowest BCUT2D eigenvalue weighted by atomic mass is 10.2. The summed E-state index contributed by atoms with van der Waals surface area (Å²) in [6, 6.07) is 2.05. The quantitative estimate of drug-likeness (QED) is 0.794. The van der Waals surface area contributed by atoms with Gasteiger partial charge in [0.05, 0.1) is 19.4 Å². The van der Waals surface area contributed by atoms with Gasteiger partial charge in [0.15, 0.2) is 0 Å². The van der Waals surface area contributed by atoms with Crippen molar-refractivity contribution >= 4 is 0 Å². The minimum Gasteiger partial charge on any atom is -0.468 e. The van der Waals surface area contributed by atoms with E-state index in [0.717, 1.165) is 5.56 Å². The van der Waals surface area contributed by atoms with Gasteiger partial charge in [-0.25, -0.2) is 0 Å². The molecule has 0 spiro atoms. The summed E-state index contributed by atoms with van der Waals surface area (Å²) in [5.41, 5.74) is 0.816. The summed E-state index contributed by atoms with van der Waals surface area (Å²) in [7, 11) is 0. The lowest BCUT2D eigenvalue weighted by Crippen LogP contribution is -2.34. The van der Waals surface area contributed by atoms with Crippen molar-refractivity contribution in [2.45, 2.75) is 52.5 Å². The molecule has 0 saturated carbocycles. The Balaban J connectivity index is 2.66. The number of nitrogens with one attached hydrogen (secondary N) is 1. The Morgan fingerprint density at radius 3 is 2.60 bits per heavy atom. The first-order valence-corrected chi connectivity index (χ1v) is 6.89. The van der Waals surface area contributed by atoms with Crippen LogP contribution >= 0.6 is 0 Å². The Morgan fingerprint density at radius 1 is 1.35 bits per heavy atom. The zero-order valence-corrected chi connectivity index (χ0v) is 12.3. The Hall–Kier alpha value is -1.01. The SMILES string of the molecule is CCCN(Cc1ccoc1CNC(C)C)CC(F)(F)F. The maximum absolute atomic E-state index is 12.5. The molecule has 0 aliphatic carbocycles. The molecule has 0 saturated heterocycles. The second kappa shape index (κ2) is 7.69. The first kappa shape index (κ1) is 17.0. The predicted molar refractivity (Wildman–Crippen MR) is 72.3 cm³/mol. The van der Waals surface area contributed by atoms with Crippen molar-refractivity contribution in [1.82, 2.24) is 10.2 Å². The van der Waals surface area contributed by atoms with E-state index >= 15 is 0 Å². The molecule has 1 rings (SSSR count). The average Bonchev–Trinajstić information content (AvgIpc) is 2.72. The van der Waals surface area contributed by atoms with Gasteiger partial charge < -0.3 is 9.73 Å². The second-order valence-corrected chi connectivity index (χ2v) is 5.23. The topological polar surface area (TPSA) is 28.4 Å². The fraction of sp³-hybridized carbons (Fsp3) is 0.714. The largest absolute Gasteiger partial charge is 0.468 e. The summed E-state index contributed by atoms with van der Waals surface area (Å²) >= 11 is 0. The molecule has 20 heavy (non-hydrogen) atoms. The van der Waals surface area contributed by atoms with Crippen molar-refractivity contribution in [3.8, 4) is 0 Å². The van der Waals surface area contributed by atoms with Crippen LogP contribution in [-0.4, -0.2) is 30.2 Å². The number of rotatable bonds is 8. The zero-order valence-electron chi connectivity index (χ0n) is 12.3. The summed E-state index contributed by atoms with van der Waals surface area (Å²) in [6.07, 6.45) is -1.95. The fourth-order valence-electron chi connectivity index (χ4n) is 1.98. The van der Waals surface area contributed by atoms with E-state index in [1.54, 1.807) is 6.07 Å². The highest BCUT2D eigenvalue weighted by atomic mass is 19.4. The van der Waals surface area contributed by atoms with Gasteiger partial charge in [-0.2, -0.15) is 13.2 Å². The Labute approximate surface area is 118 Å². The molecule has 0 atom stereocenters. The van der Waals surface area contributed by atoms with Gasteiger partial charge in [-0.1, -0.05) is 20.8 Å². The van der Waals surface area contributed by atoms with Gasteiger partial charge in [0, 0.05) is 18.2 Å². The third-order valence-corrected chi connectivity index (χ3v) is 2.85. The maximum Gasteiger partial charge on any atom is 0.401 e. The molecule has 1 aromatic rings. The van der Waals surface area contributed by atoms with Crippen LogP contribution < -0.4 is 5.32 Å². The molecule has 0 bridgehead atoms. The maximum atomic E-state index is 12.5. The van der Waals surface area contributed by atoms with Gasteiger partial charge in [0.25, 0.3) is 0 Å². The highest BCUT2D eigenvalue weighted by Crippen LogP contribution is 2.20. The molecule has 1 aromatic heterocycles. The van der Waals surface area contributed by atoms with Crippen LogP contribution in [0.5, 0.6) is 0 Å². The fourth-order valence-corrected chi connectivity index (χ4v) is 1.98. The molecule has 3 nitrogen and oxygen atoms in total. The summed E-state index contributed by atoms with van der Waals surface area (Å²) in [6.45, 7) is 6.22. The third-order valence-electron chi connectivity index (χ3n) is 2.85. The van der Waals surface area contributed by atoms with Crippen molar-refractivity contribution in [1.29, 1.82) is 0 Å². The van der Waals surface area contributed by atoms with E-state index in [0.29, 0.717) is 31.3 Å². The van der Waals surface area contributed by atoms with E-state index in [9.17, 15) is 13.2 Å². The van der Waals surface area contributed by atoms with Crippen LogP contribution in [-0.2, 0) is 13.1 Å². The molecule has 1 heterocycles. The lowest BCUT2D eigenvalue weighted by Gasteiger charge is -2.23. The number of hydrogen-bond acceptors (Lipinski definition) is 3. The monoisotopic (exact) mass is 292 g/mol. The zero-order chi connectivity index (χ0) is 15.2. The Bertz CT molecular complexity index is 388. The predicted octanol–water partition coefficient (Wildman–Crippen LogP) is 3.55. The third kappa shape index (κ3) is 6.43. The van der Waals surface area contributed by atoms with Crippen LogP contribution in [0.3, 0.4) is 0 Å². The van der Waals surface area contributed by atoms with Crippen molar-refractivity contribution in [3.63, 3.8) is 0 Å². The van der Waals surface area contributed by atoms with E-state index in [2.05, 4.69) is 5.32 Å². The van der Waals surface area contributed by atoms with Gasteiger partial charge >= 0.3 is 6.18 Å². The molecule has 1 N–H and O–H groups in total. The molecule has 0 fully saturated rings. The van der Waals surface area contributed by atoms with E-state index in [-0.39, 0.29) is 6.54 Å². The Kier molecular flexibility index (Phi) is 6.55. The molecule has 0 unspecified atom stereocenters. The van der Waals surface area contributed by atoms with Gasteiger partial charge in [-0.15, -0.1) is 0 Å². The highest BCUT2D eigenvalue weighted by Gasteiger charge is 2.30. The normalized spacial score (nSPS) is 12.6. The molecular weight excluding hydrogens is 269 g/mol. The number of alkyl halides is 3. The van der Waals surface area contributed by atoms with E-state index in [4.69, 9.17) is 4.42 Å². The molecule has 0 aromatic carbocycles. The van der Waals surface area contributed by atoms with Crippen LogP contribution in [0.4, 0.5) is 13.2 Å². The van der Waals surface area contributed by atoms with Gasteiger partial charge in [0.1, 0.15) is 5.76 Å². The van der Waals surface area contributed by atoms with Crippen LogP contribution in [0.2, 0.25) is 0 Å². The minimum absolute atomic E-state index is 0.263. The smallest absolute Gasteiger partial charge is 0.401 e. The van der Waals surface area contributed by atoms with Crippen molar-refractivity contribution in [3.05, 3.63) is 23.7 Å². The summed E-state index contributed by atoms with van der Waals surface area (Å²) in [5, 5.41) is 3.21. The molecular formula is C14H23F3N2O. The van der Waals surface area contributed by atoms with Crippen molar-refractivity contribution in [2.75, 3.05) is 13.1 Å². The van der Waals surface area contributed by atoms with Gasteiger partial charge in [-0.05, 0) is 19.0 Å². The molecule has 0 aliphatic heterocycles. The van der Waals surface area contributed by atoms with Gasteiger partial charge in [0.2, 0.25) is 0 Å². The second-order valence-electron chi connectivity index (χ2n) is 5.23. The van der Waals surface area contributed by atoms with Crippen LogP contribution in [0.25, 0.3) is 0 Å². The minimum atomic E-state index is -4.17. The molecule has 0 amide bonds. The van der Waals surface area contributed by atoms with E-state index in [1.165, 1.54) is 11.2 Å². The Morgan fingerprint density at radius 2 is 2.05 bits per heavy atom. The van der Waals surface area contributed by atoms with E-state index < -0.39 is 12.7 Å². The molecule has 6 heteroatoms. The first-order chi connectivity index (χ1) is 9.31. The van der Waals surface area contributed by atoms with Crippen LogP contribution in [0.1, 0.15) is 38.5 Å². The number of furan rings is 1. The molecule has 116 valence electrons. The number of halogens is 3. The van der Waals surface area contributed by atoms with Crippen molar-refractivity contribution < 1.29 is 17.6 Å². The summed E-state index contributed by atoms with van der Waals surface area (Å²) in [4.78, 5) is 1.41. The van der Waals surface area contributed by atoms with Crippen LogP contribution in [0, 0.1) is 0 Å². The number of nitrogens with zero attached hydrogens (tertiary/aromatic N) is 1. The standard InChI is InChI=1S/C14H23F3N2O/c1-4-6-19(10-14(15,16)17)9-12-5-7-20-13(12)8-18-11(2)3/h5,7,11,18H,4,6,8-10H2,1-3H3.